The lowest BCUT2D eigenvalue weighted by Crippen LogP contribution is -2.27. The Kier molecular flexibility index (Phi) is 3.74. The first-order valence-corrected chi connectivity index (χ1v) is 7.99. The molecule has 3 aromatic rings. The second kappa shape index (κ2) is 6.05. The van der Waals surface area contributed by atoms with Gasteiger partial charge in [0.2, 0.25) is 0 Å². The van der Waals surface area contributed by atoms with Gasteiger partial charge in [-0.3, -0.25) is 4.79 Å². The molecule has 2 heterocycles. The van der Waals surface area contributed by atoms with Crippen molar-refractivity contribution >= 4 is 17.5 Å². The number of carbonyl (C=O) groups is 1. The summed E-state index contributed by atoms with van der Waals surface area (Å²) in [6, 6.07) is 9.18. The number of fused-ring (bicyclic) bond motifs is 1. The number of nitrogens with one attached hydrogen (secondary N) is 1. The molecule has 0 radical (unpaired) electrons. The molecule has 7 heteroatoms. The number of pyridine rings is 1. The van der Waals surface area contributed by atoms with Gasteiger partial charge in [0.25, 0.3) is 5.91 Å². The van der Waals surface area contributed by atoms with Crippen LogP contribution in [0.4, 0.5) is 0 Å². The molecule has 0 bridgehead atoms. The number of halogens is 1. The number of benzene rings is 1. The summed E-state index contributed by atoms with van der Waals surface area (Å²) in [5.74, 6) is 0.409. The highest BCUT2D eigenvalue weighted by Gasteiger charge is 2.25. The summed E-state index contributed by atoms with van der Waals surface area (Å²) in [4.78, 5) is 20.7. The molecule has 0 unspecified atom stereocenters. The minimum absolute atomic E-state index is 0.0193. The van der Waals surface area contributed by atoms with E-state index < -0.39 is 0 Å². The van der Waals surface area contributed by atoms with Crippen molar-refractivity contribution in [2.75, 3.05) is 0 Å². The van der Waals surface area contributed by atoms with Gasteiger partial charge in [0, 0.05) is 16.8 Å². The van der Waals surface area contributed by atoms with Crippen LogP contribution in [0.5, 0.6) is 0 Å². The minimum atomic E-state index is -0.142. The van der Waals surface area contributed by atoms with Crippen molar-refractivity contribution in [1.29, 1.82) is 0 Å². The molecule has 6 nitrogen and oxygen atoms in total. The monoisotopic (exact) mass is 339 g/mol. The Morgan fingerprint density at radius 3 is 3.08 bits per heavy atom. The van der Waals surface area contributed by atoms with Gasteiger partial charge in [0.05, 0.1) is 6.04 Å². The molecule has 0 saturated carbocycles. The minimum Gasteiger partial charge on any atom is -0.345 e. The van der Waals surface area contributed by atoms with E-state index in [-0.39, 0.29) is 11.9 Å². The molecular formula is C17H14ClN5O. The van der Waals surface area contributed by atoms with Crippen LogP contribution in [0.1, 0.15) is 33.9 Å². The highest BCUT2D eigenvalue weighted by molar-refractivity contribution is 6.31. The molecule has 4 rings (SSSR count). The Bertz CT molecular complexity index is 894. The van der Waals surface area contributed by atoms with Crippen LogP contribution in [0, 0.1) is 0 Å². The lowest BCUT2D eigenvalue weighted by Gasteiger charge is -2.14. The van der Waals surface area contributed by atoms with Crippen LogP contribution in [0.3, 0.4) is 0 Å². The second-order valence-corrected chi connectivity index (χ2v) is 6.02. The molecule has 2 aromatic heterocycles. The van der Waals surface area contributed by atoms with Crippen LogP contribution in [0.15, 0.2) is 49.2 Å². The number of carbonyl (C=O) groups excluding carboxylic acids is 1. The fourth-order valence-electron chi connectivity index (χ4n) is 3.01. The van der Waals surface area contributed by atoms with E-state index in [0.29, 0.717) is 11.4 Å². The fourth-order valence-corrected chi connectivity index (χ4v) is 3.29. The highest BCUT2D eigenvalue weighted by Crippen LogP contribution is 2.35. The standard InChI is InChI=1S/C17H14ClN5O/c18-14-3-1-2-13-12(14)4-5-15(13)22-17(24)11-6-7-20-16(8-11)23-10-19-9-21-23/h1-3,6-10,15H,4-5H2,(H,22,24)/t15-/m0/s1. The zero-order valence-electron chi connectivity index (χ0n) is 12.7. The van der Waals surface area contributed by atoms with Gasteiger partial charge in [-0.15, -0.1) is 0 Å². The predicted octanol–water partition coefficient (Wildman–Crippen LogP) is 2.73. The van der Waals surface area contributed by atoms with Crippen molar-refractivity contribution in [3.8, 4) is 5.82 Å². The molecule has 120 valence electrons. The molecule has 0 saturated heterocycles. The maximum absolute atomic E-state index is 12.6. The van der Waals surface area contributed by atoms with Crippen LogP contribution >= 0.6 is 11.6 Å². The van der Waals surface area contributed by atoms with Crippen LogP contribution < -0.4 is 5.32 Å². The third-order valence-corrected chi connectivity index (χ3v) is 4.53. The van der Waals surface area contributed by atoms with Crippen molar-refractivity contribution in [2.45, 2.75) is 18.9 Å². The Labute approximate surface area is 143 Å². The van der Waals surface area contributed by atoms with Crippen molar-refractivity contribution in [3.05, 3.63) is 70.9 Å². The van der Waals surface area contributed by atoms with Crippen molar-refractivity contribution < 1.29 is 4.79 Å². The molecule has 1 amide bonds. The van der Waals surface area contributed by atoms with E-state index in [1.165, 1.54) is 11.0 Å². The summed E-state index contributed by atoms with van der Waals surface area (Å²) < 4.78 is 1.52. The van der Waals surface area contributed by atoms with Crippen molar-refractivity contribution in [1.82, 2.24) is 25.1 Å². The lowest BCUT2D eigenvalue weighted by atomic mass is 10.1. The maximum atomic E-state index is 12.6. The predicted molar refractivity (Wildman–Crippen MR) is 89.1 cm³/mol. The molecule has 0 aliphatic heterocycles. The number of hydrogen-bond donors (Lipinski definition) is 1. The first-order valence-electron chi connectivity index (χ1n) is 7.61. The molecular weight excluding hydrogens is 326 g/mol. The number of amides is 1. The summed E-state index contributed by atoms with van der Waals surface area (Å²) in [6.45, 7) is 0. The SMILES string of the molecule is O=C(N[C@H]1CCc2c(Cl)cccc21)c1ccnc(-n2cncn2)c1. The van der Waals surface area contributed by atoms with E-state index in [2.05, 4.69) is 20.4 Å². The zero-order chi connectivity index (χ0) is 16.5. The van der Waals surface area contributed by atoms with Gasteiger partial charge in [-0.1, -0.05) is 23.7 Å². The normalized spacial score (nSPS) is 16.0. The molecule has 1 N–H and O–H groups in total. The molecule has 24 heavy (non-hydrogen) atoms. The smallest absolute Gasteiger partial charge is 0.251 e. The van der Waals surface area contributed by atoms with Gasteiger partial charge in [0.15, 0.2) is 5.82 Å². The quantitative estimate of drug-likeness (QED) is 0.796. The molecule has 1 aliphatic rings. The van der Waals surface area contributed by atoms with Crippen LogP contribution in [-0.4, -0.2) is 25.7 Å². The van der Waals surface area contributed by atoms with E-state index >= 15 is 0 Å². The van der Waals surface area contributed by atoms with E-state index in [1.54, 1.807) is 24.7 Å². The maximum Gasteiger partial charge on any atom is 0.251 e. The van der Waals surface area contributed by atoms with E-state index in [1.807, 2.05) is 18.2 Å². The van der Waals surface area contributed by atoms with Crippen LogP contribution in [0.25, 0.3) is 5.82 Å². The average molecular weight is 340 g/mol. The summed E-state index contributed by atoms with van der Waals surface area (Å²) in [5.41, 5.74) is 2.76. The second-order valence-electron chi connectivity index (χ2n) is 5.62. The van der Waals surface area contributed by atoms with E-state index in [0.717, 1.165) is 29.0 Å². The van der Waals surface area contributed by atoms with E-state index in [4.69, 9.17) is 11.6 Å². The third-order valence-electron chi connectivity index (χ3n) is 4.18. The van der Waals surface area contributed by atoms with Gasteiger partial charge < -0.3 is 5.32 Å². The zero-order valence-corrected chi connectivity index (χ0v) is 13.4. The van der Waals surface area contributed by atoms with Gasteiger partial charge in [-0.25, -0.2) is 14.6 Å². The van der Waals surface area contributed by atoms with Crippen molar-refractivity contribution in [2.24, 2.45) is 0 Å². The average Bonchev–Trinajstić information content (AvgIpc) is 3.26. The Hall–Kier alpha value is -2.73. The van der Waals surface area contributed by atoms with Crippen molar-refractivity contribution in [3.63, 3.8) is 0 Å². The molecule has 0 spiro atoms. The molecule has 1 aromatic carbocycles. The molecule has 0 fully saturated rings. The largest absolute Gasteiger partial charge is 0.345 e. The first kappa shape index (κ1) is 14.8. The molecule has 1 atom stereocenters. The number of aromatic nitrogens is 4. The van der Waals surface area contributed by atoms with Gasteiger partial charge in [0.1, 0.15) is 12.7 Å². The first-order chi connectivity index (χ1) is 11.7. The topological polar surface area (TPSA) is 72.7 Å². The Balaban J connectivity index is 1.56. The number of nitrogens with zero attached hydrogens (tertiary/aromatic N) is 4. The number of rotatable bonds is 3. The summed E-state index contributed by atoms with van der Waals surface area (Å²) in [6.07, 6.45) is 6.28. The van der Waals surface area contributed by atoms with Crippen LogP contribution in [-0.2, 0) is 6.42 Å². The lowest BCUT2D eigenvalue weighted by molar-refractivity contribution is 0.0936. The fraction of sp³-hybridized carbons (Fsp3) is 0.176. The van der Waals surface area contributed by atoms with Gasteiger partial charge >= 0.3 is 0 Å². The highest BCUT2D eigenvalue weighted by atomic mass is 35.5. The summed E-state index contributed by atoms with van der Waals surface area (Å²) in [7, 11) is 0. The Morgan fingerprint density at radius 2 is 2.25 bits per heavy atom. The van der Waals surface area contributed by atoms with Crippen LogP contribution in [0.2, 0.25) is 5.02 Å². The summed E-state index contributed by atoms with van der Waals surface area (Å²) in [5, 5.41) is 7.87. The third kappa shape index (κ3) is 2.65. The summed E-state index contributed by atoms with van der Waals surface area (Å²) >= 11 is 6.23. The molecule has 1 aliphatic carbocycles. The number of hydrogen-bond acceptors (Lipinski definition) is 4. The van der Waals surface area contributed by atoms with Gasteiger partial charge in [-0.2, -0.15) is 5.10 Å². The van der Waals surface area contributed by atoms with E-state index in [9.17, 15) is 4.79 Å². The Morgan fingerprint density at radius 1 is 1.33 bits per heavy atom. The van der Waals surface area contributed by atoms with Gasteiger partial charge in [-0.05, 0) is 42.2 Å².